The molecule has 1 saturated heterocycles. The molecule has 1 saturated carbocycles. The summed E-state index contributed by atoms with van der Waals surface area (Å²) in [5.74, 6) is 0.0716. The fraction of sp³-hybridized carbons (Fsp3) is 1.00. The monoisotopic (exact) mass is 262 g/mol. The maximum Gasteiger partial charge on any atom is 0.277 e. The van der Waals surface area contributed by atoms with Gasteiger partial charge in [-0.25, -0.2) is 5.14 Å². The number of nitrogens with zero attached hydrogens (tertiary/aromatic N) is 1. The lowest BCUT2D eigenvalue weighted by Crippen LogP contribution is -2.53. The smallest absolute Gasteiger partial charge is 0.277 e. The highest BCUT2D eigenvalue weighted by Gasteiger charge is 2.39. The number of hydrogen-bond acceptors (Lipinski definition) is 3. The van der Waals surface area contributed by atoms with Gasteiger partial charge in [-0.2, -0.15) is 12.7 Å². The Labute approximate surface area is 103 Å². The summed E-state index contributed by atoms with van der Waals surface area (Å²) in [5, 5.41) is 15.3. The Kier molecular flexibility index (Phi) is 4.07. The minimum Gasteiger partial charge on any atom is -0.393 e. The van der Waals surface area contributed by atoms with Crippen LogP contribution in [0.5, 0.6) is 0 Å². The summed E-state index contributed by atoms with van der Waals surface area (Å²) in [6.07, 6.45) is 6.19. The first kappa shape index (κ1) is 13.3. The van der Waals surface area contributed by atoms with Gasteiger partial charge in [0, 0.05) is 18.5 Å². The topological polar surface area (TPSA) is 83.6 Å². The van der Waals surface area contributed by atoms with Gasteiger partial charge in [-0.1, -0.05) is 19.3 Å². The zero-order valence-electron chi connectivity index (χ0n) is 10.1. The third kappa shape index (κ3) is 2.99. The molecule has 2 aliphatic rings. The van der Waals surface area contributed by atoms with Crippen LogP contribution < -0.4 is 5.14 Å². The maximum atomic E-state index is 11.6. The first-order chi connectivity index (χ1) is 8.00. The molecule has 1 aliphatic heterocycles. The third-order valence-corrected chi connectivity index (χ3v) is 5.21. The van der Waals surface area contributed by atoms with Gasteiger partial charge < -0.3 is 5.11 Å². The molecule has 100 valence electrons. The summed E-state index contributed by atoms with van der Waals surface area (Å²) in [6.45, 7) is 0.507. The molecule has 0 aromatic rings. The maximum absolute atomic E-state index is 11.6. The highest BCUT2D eigenvalue weighted by atomic mass is 32.2. The van der Waals surface area contributed by atoms with Gasteiger partial charge in [0.05, 0.1) is 6.10 Å². The second-order valence-corrected chi connectivity index (χ2v) is 6.73. The van der Waals surface area contributed by atoms with Crippen molar-refractivity contribution in [1.29, 1.82) is 0 Å². The van der Waals surface area contributed by atoms with Crippen molar-refractivity contribution < 1.29 is 13.5 Å². The van der Waals surface area contributed by atoms with E-state index in [1.807, 2.05) is 0 Å². The van der Waals surface area contributed by atoms with Gasteiger partial charge in [0.25, 0.3) is 10.2 Å². The normalized spacial score (nSPS) is 36.9. The van der Waals surface area contributed by atoms with Crippen LogP contribution in [0.15, 0.2) is 0 Å². The average Bonchev–Trinajstić information content (AvgIpc) is 2.28. The van der Waals surface area contributed by atoms with Crippen LogP contribution >= 0.6 is 0 Å². The third-order valence-electron chi connectivity index (χ3n) is 4.10. The summed E-state index contributed by atoms with van der Waals surface area (Å²) in [5.41, 5.74) is 0. The fourth-order valence-corrected chi connectivity index (χ4v) is 4.29. The number of aliphatic hydroxyl groups is 1. The molecule has 17 heavy (non-hydrogen) atoms. The first-order valence-corrected chi connectivity index (χ1v) is 7.98. The molecule has 0 bridgehead atoms. The predicted octanol–water partition coefficient (Wildman–Crippen LogP) is 0.595. The fourth-order valence-electron chi connectivity index (χ4n) is 3.26. The summed E-state index contributed by atoms with van der Waals surface area (Å²) < 4.78 is 24.5. The van der Waals surface area contributed by atoms with Gasteiger partial charge in [-0.15, -0.1) is 0 Å². The van der Waals surface area contributed by atoms with Crippen molar-refractivity contribution in [2.24, 2.45) is 11.1 Å². The minimum atomic E-state index is -3.63. The molecule has 0 aromatic heterocycles. The second-order valence-electron chi connectivity index (χ2n) is 5.23. The Morgan fingerprint density at radius 3 is 2.35 bits per heavy atom. The van der Waals surface area contributed by atoms with Gasteiger partial charge in [-0.05, 0) is 25.7 Å². The van der Waals surface area contributed by atoms with Crippen LogP contribution in [0.4, 0.5) is 0 Å². The largest absolute Gasteiger partial charge is 0.393 e. The zero-order valence-corrected chi connectivity index (χ0v) is 10.9. The second kappa shape index (κ2) is 5.22. The Balaban J connectivity index is 2.15. The molecule has 6 heteroatoms. The van der Waals surface area contributed by atoms with Crippen LogP contribution in [0, 0.1) is 5.92 Å². The molecule has 3 atom stereocenters. The van der Waals surface area contributed by atoms with Crippen molar-refractivity contribution in [3.63, 3.8) is 0 Å². The van der Waals surface area contributed by atoms with E-state index in [0.29, 0.717) is 6.54 Å². The van der Waals surface area contributed by atoms with Gasteiger partial charge in [0.1, 0.15) is 0 Å². The van der Waals surface area contributed by atoms with E-state index in [9.17, 15) is 13.5 Å². The van der Waals surface area contributed by atoms with Crippen molar-refractivity contribution in [3.8, 4) is 0 Å². The Morgan fingerprint density at radius 1 is 1.06 bits per heavy atom. The van der Waals surface area contributed by atoms with E-state index in [1.54, 1.807) is 0 Å². The lowest BCUT2D eigenvalue weighted by Gasteiger charge is -2.42. The summed E-state index contributed by atoms with van der Waals surface area (Å²) in [6, 6.07) is -0.0888. The van der Waals surface area contributed by atoms with E-state index in [-0.39, 0.29) is 18.1 Å². The zero-order chi connectivity index (χ0) is 12.5. The van der Waals surface area contributed by atoms with Crippen molar-refractivity contribution in [2.75, 3.05) is 6.54 Å². The molecule has 0 amide bonds. The number of rotatable bonds is 2. The molecule has 1 aliphatic carbocycles. The van der Waals surface area contributed by atoms with Gasteiger partial charge in [0.2, 0.25) is 0 Å². The Bertz CT molecular complexity index is 358. The molecule has 0 aromatic carbocycles. The van der Waals surface area contributed by atoms with E-state index in [0.717, 1.165) is 44.9 Å². The number of hydrogen-bond donors (Lipinski definition) is 2. The lowest BCUT2D eigenvalue weighted by molar-refractivity contribution is 0.0204. The molecule has 0 spiro atoms. The van der Waals surface area contributed by atoms with E-state index in [1.165, 1.54) is 4.31 Å². The first-order valence-electron chi connectivity index (χ1n) is 6.48. The van der Waals surface area contributed by atoms with Crippen molar-refractivity contribution in [2.45, 2.75) is 57.1 Å². The average molecular weight is 262 g/mol. The predicted molar refractivity (Wildman–Crippen MR) is 65.4 cm³/mol. The van der Waals surface area contributed by atoms with Crippen LogP contribution in [0.25, 0.3) is 0 Å². The van der Waals surface area contributed by atoms with Crippen molar-refractivity contribution in [3.05, 3.63) is 0 Å². The van der Waals surface area contributed by atoms with Gasteiger partial charge >= 0.3 is 0 Å². The molecule has 0 radical (unpaired) electrons. The van der Waals surface area contributed by atoms with Gasteiger partial charge in [0.15, 0.2) is 0 Å². The van der Waals surface area contributed by atoms with E-state index in [2.05, 4.69) is 0 Å². The summed E-state index contributed by atoms with van der Waals surface area (Å²) >= 11 is 0. The molecule has 2 fully saturated rings. The van der Waals surface area contributed by atoms with Crippen LogP contribution in [-0.2, 0) is 10.2 Å². The highest BCUT2D eigenvalue weighted by molar-refractivity contribution is 7.86. The standard InChI is InChI=1S/C11H22N2O3S/c12-17(15,16)13-8-4-3-6-10(13)9-5-1-2-7-11(9)14/h9-11,14H,1-8H2,(H2,12,15,16). The van der Waals surface area contributed by atoms with Crippen molar-refractivity contribution >= 4 is 10.2 Å². The van der Waals surface area contributed by atoms with Crippen LogP contribution in [0.3, 0.4) is 0 Å². The Hall–Kier alpha value is -0.170. The van der Waals surface area contributed by atoms with E-state index >= 15 is 0 Å². The molecule has 2 rings (SSSR count). The summed E-state index contributed by atoms with van der Waals surface area (Å²) in [4.78, 5) is 0. The number of piperidine rings is 1. The van der Waals surface area contributed by atoms with E-state index in [4.69, 9.17) is 5.14 Å². The SMILES string of the molecule is NS(=O)(=O)N1CCCCC1C1CCCCC1O. The van der Waals surface area contributed by atoms with Gasteiger partial charge in [-0.3, -0.25) is 0 Å². The molecular weight excluding hydrogens is 240 g/mol. The number of nitrogens with two attached hydrogens (primary N) is 1. The van der Waals surface area contributed by atoms with Crippen LogP contribution in [-0.4, -0.2) is 36.5 Å². The molecule has 3 unspecified atom stereocenters. The van der Waals surface area contributed by atoms with Crippen molar-refractivity contribution in [1.82, 2.24) is 4.31 Å². The molecular formula is C11H22N2O3S. The van der Waals surface area contributed by atoms with E-state index < -0.39 is 10.2 Å². The number of aliphatic hydroxyl groups excluding tert-OH is 1. The molecule has 1 heterocycles. The quantitative estimate of drug-likeness (QED) is 0.764. The molecule has 5 nitrogen and oxygen atoms in total. The van der Waals surface area contributed by atoms with Crippen LogP contribution in [0.2, 0.25) is 0 Å². The highest BCUT2D eigenvalue weighted by Crippen LogP contribution is 2.34. The lowest BCUT2D eigenvalue weighted by atomic mass is 9.79. The Morgan fingerprint density at radius 2 is 1.71 bits per heavy atom. The molecule has 3 N–H and O–H groups in total. The van der Waals surface area contributed by atoms with Crippen LogP contribution in [0.1, 0.15) is 44.9 Å². The summed E-state index contributed by atoms with van der Waals surface area (Å²) in [7, 11) is -3.63. The minimum absolute atomic E-state index is 0.0716.